The van der Waals surface area contributed by atoms with Crippen LogP contribution in [0.1, 0.15) is 22.5 Å². The molecule has 0 bridgehead atoms. The third-order valence-electron chi connectivity index (χ3n) is 5.15. The Hall–Kier alpha value is -2.67. The van der Waals surface area contributed by atoms with Gasteiger partial charge in [-0.15, -0.1) is 0 Å². The molecule has 0 spiro atoms. The van der Waals surface area contributed by atoms with E-state index in [0.717, 1.165) is 6.54 Å². The monoisotopic (exact) mass is 312 g/mol. The minimum Gasteiger partial charge on any atom is -0.196 e. The second-order valence-corrected chi connectivity index (χ2v) is 6.59. The van der Waals surface area contributed by atoms with Gasteiger partial charge < -0.3 is 0 Å². The van der Waals surface area contributed by atoms with Gasteiger partial charge in [0.2, 0.25) is 0 Å². The summed E-state index contributed by atoms with van der Waals surface area (Å²) in [5.74, 6) is 0. The van der Waals surface area contributed by atoms with Crippen LogP contribution in [-0.2, 0) is 6.54 Å². The van der Waals surface area contributed by atoms with E-state index in [1.54, 1.807) is 0 Å². The van der Waals surface area contributed by atoms with Crippen LogP contribution in [0.5, 0.6) is 0 Å². The lowest BCUT2D eigenvalue weighted by molar-refractivity contribution is -0.699. The van der Waals surface area contributed by atoms with Crippen molar-refractivity contribution in [2.75, 3.05) is 0 Å². The number of pyridine rings is 1. The van der Waals surface area contributed by atoms with E-state index >= 15 is 0 Å². The zero-order valence-corrected chi connectivity index (χ0v) is 14.5. The zero-order chi connectivity index (χ0) is 16.7. The molecule has 4 rings (SSSR count). The highest BCUT2D eigenvalue weighted by atomic mass is 15.0. The second-order valence-electron chi connectivity index (χ2n) is 6.59. The topological polar surface area (TPSA) is 3.88 Å². The van der Waals surface area contributed by atoms with Gasteiger partial charge in [0.05, 0.1) is 0 Å². The second kappa shape index (κ2) is 5.76. The van der Waals surface area contributed by atoms with Crippen molar-refractivity contribution in [3.8, 4) is 0 Å². The highest BCUT2D eigenvalue weighted by Gasteiger charge is 2.17. The van der Waals surface area contributed by atoms with Crippen LogP contribution in [-0.4, -0.2) is 0 Å². The van der Waals surface area contributed by atoms with Gasteiger partial charge in [-0.1, -0.05) is 48.5 Å². The number of fused-ring (bicyclic) bond motifs is 2. The van der Waals surface area contributed by atoms with Gasteiger partial charge in [-0.3, -0.25) is 0 Å². The molecular weight excluding hydrogens is 290 g/mol. The van der Waals surface area contributed by atoms with Crippen molar-refractivity contribution in [3.05, 3.63) is 89.2 Å². The van der Waals surface area contributed by atoms with Crippen LogP contribution >= 0.6 is 0 Å². The van der Waals surface area contributed by atoms with Crippen LogP contribution in [0.25, 0.3) is 21.5 Å². The number of benzene rings is 3. The van der Waals surface area contributed by atoms with Crippen molar-refractivity contribution < 1.29 is 4.57 Å². The van der Waals surface area contributed by atoms with Crippen molar-refractivity contribution >= 4 is 21.5 Å². The maximum absolute atomic E-state index is 2.41. The molecule has 0 aliphatic rings. The predicted octanol–water partition coefficient (Wildman–Crippen LogP) is 5.25. The molecule has 24 heavy (non-hydrogen) atoms. The van der Waals surface area contributed by atoms with Gasteiger partial charge in [-0.25, -0.2) is 0 Å². The summed E-state index contributed by atoms with van der Waals surface area (Å²) >= 11 is 0. The van der Waals surface area contributed by atoms with Crippen LogP contribution in [0.2, 0.25) is 0 Å². The van der Waals surface area contributed by atoms with Crippen molar-refractivity contribution in [2.45, 2.75) is 27.3 Å². The Morgan fingerprint density at radius 1 is 0.583 bits per heavy atom. The first kappa shape index (κ1) is 14.9. The summed E-state index contributed by atoms with van der Waals surface area (Å²) in [6, 6.07) is 24.1. The lowest BCUT2D eigenvalue weighted by Gasteiger charge is -2.14. The number of rotatable bonds is 2. The summed E-state index contributed by atoms with van der Waals surface area (Å²) in [4.78, 5) is 0. The smallest absolute Gasteiger partial charge is 0.178 e. The first-order valence-electron chi connectivity index (χ1n) is 8.52. The Bertz CT molecular complexity index is 983. The van der Waals surface area contributed by atoms with Crippen molar-refractivity contribution in [2.24, 2.45) is 0 Å². The van der Waals surface area contributed by atoms with E-state index in [1.165, 1.54) is 44.1 Å². The first-order valence-corrected chi connectivity index (χ1v) is 8.52. The van der Waals surface area contributed by atoms with E-state index < -0.39 is 0 Å². The maximum Gasteiger partial charge on any atom is 0.178 e. The molecule has 3 aromatic carbocycles. The quantitative estimate of drug-likeness (QED) is 0.351. The summed E-state index contributed by atoms with van der Waals surface area (Å²) in [6.07, 6.45) is 0. The van der Waals surface area contributed by atoms with E-state index in [2.05, 4.69) is 92.1 Å². The molecular formula is C23H22N+. The number of hydrogen-bond donors (Lipinski definition) is 0. The van der Waals surface area contributed by atoms with Gasteiger partial charge >= 0.3 is 0 Å². The molecule has 1 heterocycles. The van der Waals surface area contributed by atoms with Crippen LogP contribution in [0.4, 0.5) is 0 Å². The summed E-state index contributed by atoms with van der Waals surface area (Å²) < 4.78 is 2.41. The fraction of sp³-hybridized carbons (Fsp3) is 0.174. The van der Waals surface area contributed by atoms with Gasteiger partial charge in [-0.2, -0.15) is 4.57 Å². The fourth-order valence-corrected chi connectivity index (χ4v) is 3.80. The SMILES string of the molecule is Cc1c2ccccc2c(C[n+]2c(C)cccc2C)c2ccccc12. The highest BCUT2D eigenvalue weighted by Crippen LogP contribution is 2.32. The van der Waals surface area contributed by atoms with Crippen molar-refractivity contribution in [1.29, 1.82) is 0 Å². The predicted molar refractivity (Wildman–Crippen MR) is 101 cm³/mol. The molecule has 0 saturated heterocycles. The summed E-state index contributed by atoms with van der Waals surface area (Å²) in [5.41, 5.74) is 5.37. The fourth-order valence-electron chi connectivity index (χ4n) is 3.80. The molecule has 0 N–H and O–H groups in total. The van der Waals surface area contributed by atoms with Crippen LogP contribution in [0.3, 0.4) is 0 Å². The Kier molecular flexibility index (Phi) is 3.57. The number of hydrogen-bond acceptors (Lipinski definition) is 0. The zero-order valence-electron chi connectivity index (χ0n) is 14.5. The number of nitrogens with zero attached hydrogens (tertiary/aromatic N) is 1. The Balaban J connectivity index is 2.08. The van der Waals surface area contributed by atoms with Gasteiger partial charge in [-0.05, 0) is 40.1 Å². The van der Waals surface area contributed by atoms with Crippen LogP contribution in [0, 0.1) is 20.8 Å². The molecule has 0 atom stereocenters. The molecule has 0 saturated carbocycles. The largest absolute Gasteiger partial charge is 0.196 e. The highest BCUT2D eigenvalue weighted by molar-refractivity contribution is 6.05. The molecule has 0 fully saturated rings. The molecule has 0 amide bonds. The summed E-state index contributed by atoms with van der Waals surface area (Å²) in [7, 11) is 0. The standard InChI is InChI=1S/C23H22N/c1-16-9-8-10-17(2)24(16)15-23-21-13-6-4-11-19(21)18(3)20-12-5-7-14-22(20)23/h4-14H,15H2,1-3H3/q+1. The van der Waals surface area contributed by atoms with Gasteiger partial charge in [0.25, 0.3) is 0 Å². The lowest BCUT2D eigenvalue weighted by Crippen LogP contribution is -2.40. The Morgan fingerprint density at radius 3 is 1.54 bits per heavy atom. The van der Waals surface area contributed by atoms with Crippen LogP contribution in [0.15, 0.2) is 66.7 Å². The molecule has 0 radical (unpaired) electrons. The molecule has 1 aromatic heterocycles. The van der Waals surface area contributed by atoms with Gasteiger partial charge in [0.1, 0.15) is 0 Å². The van der Waals surface area contributed by atoms with Crippen molar-refractivity contribution in [1.82, 2.24) is 0 Å². The molecule has 0 unspecified atom stereocenters. The number of aryl methyl sites for hydroxylation is 3. The average molecular weight is 312 g/mol. The van der Waals surface area contributed by atoms with Crippen molar-refractivity contribution in [3.63, 3.8) is 0 Å². The van der Waals surface area contributed by atoms with E-state index in [-0.39, 0.29) is 0 Å². The Labute approximate surface area is 143 Å². The van der Waals surface area contributed by atoms with E-state index in [9.17, 15) is 0 Å². The molecule has 0 aliphatic carbocycles. The van der Waals surface area contributed by atoms with E-state index in [0.29, 0.717) is 0 Å². The van der Waals surface area contributed by atoms with Gasteiger partial charge in [0.15, 0.2) is 17.9 Å². The maximum atomic E-state index is 2.41. The minimum atomic E-state index is 0.903. The van der Waals surface area contributed by atoms with Gasteiger partial charge in [0, 0.05) is 31.5 Å². The summed E-state index contributed by atoms with van der Waals surface area (Å²) in [5, 5.41) is 5.45. The lowest BCUT2D eigenvalue weighted by atomic mass is 9.92. The molecule has 0 aliphatic heterocycles. The molecule has 1 nitrogen and oxygen atoms in total. The first-order chi connectivity index (χ1) is 11.7. The molecule has 4 aromatic rings. The third-order valence-corrected chi connectivity index (χ3v) is 5.15. The Morgan fingerprint density at radius 2 is 1.04 bits per heavy atom. The normalized spacial score (nSPS) is 11.3. The van der Waals surface area contributed by atoms with E-state index in [4.69, 9.17) is 0 Å². The molecule has 118 valence electrons. The van der Waals surface area contributed by atoms with E-state index in [1.807, 2.05) is 0 Å². The minimum absolute atomic E-state index is 0.903. The summed E-state index contributed by atoms with van der Waals surface area (Å²) in [6.45, 7) is 7.51. The third kappa shape index (κ3) is 2.28. The average Bonchev–Trinajstić information content (AvgIpc) is 2.61. The molecule has 1 heteroatoms. The van der Waals surface area contributed by atoms with Crippen LogP contribution < -0.4 is 4.57 Å². The number of aromatic nitrogens is 1.